The van der Waals surface area contributed by atoms with Gasteiger partial charge in [0.1, 0.15) is 0 Å². The summed E-state index contributed by atoms with van der Waals surface area (Å²) in [6.45, 7) is 4.22. The van der Waals surface area contributed by atoms with Gasteiger partial charge in [0, 0.05) is 9.79 Å². The van der Waals surface area contributed by atoms with Crippen LogP contribution < -0.4 is 10.7 Å². The second kappa shape index (κ2) is 6.23. The molecule has 2 heterocycles. The zero-order chi connectivity index (χ0) is 18.0. The molecule has 128 valence electrons. The van der Waals surface area contributed by atoms with Crippen molar-refractivity contribution >= 4 is 66.8 Å². The quantitative estimate of drug-likeness (QED) is 0.236. The van der Waals surface area contributed by atoms with Crippen molar-refractivity contribution in [3.05, 3.63) is 67.2 Å². The molecule has 3 aromatic carbocycles. The Labute approximate surface area is 176 Å². The summed E-state index contributed by atoms with van der Waals surface area (Å²) >= 11 is 11.1. The molecule has 2 nitrogen and oxygen atoms in total. The Hall–Kier alpha value is -1.08. The van der Waals surface area contributed by atoms with Crippen molar-refractivity contribution in [3.63, 3.8) is 0 Å². The number of hydrogen-bond donors (Lipinski definition) is 0. The van der Waals surface area contributed by atoms with Crippen LogP contribution in [0.2, 0.25) is 0 Å². The molecular weight excluding hydrogens is 492 g/mol. The molecule has 0 amide bonds. The predicted octanol–water partition coefficient (Wildman–Crippen LogP) is 6.66. The van der Waals surface area contributed by atoms with Crippen LogP contribution in [0, 0.1) is 13.8 Å². The fourth-order valence-corrected chi connectivity index (χ4v) is 6.98. The second-order valence-electron chi connectivity index (χ2n) is 6.35. The Morgan fingerprint density at radius 2 is 1.12 bits per heavy atom. The van der Waals surface area contributed by atoms with Crippen LogP contribution in [-0.4, -0.2) is 0 Å². The van der Waals surface area contributed by atoms with E-state index in [0.29, 0.717) is 0 Å². The SMILES string of the molecule is Cc1ccc2c(c1)Sc1c(Br)c3c(c(Br)c1=N2)Sc1cc(C)ccc1N=3. The van der Waals surface area contributed by atoms with Crippen LogP contribution in [0.5, 0.6) is 0 Å². The van der Waals surface area contributed by atoms with Crippen LogP contribution in [-0.2, 0) is 0 Å². The molecule has 2 aliphatic heterocycles. The molecule has 0 saturated heterocycles. The lowest BCUT2D eigenvalue weighted by Gasteiger charge is -2.20. The summed E-state index contributed by atoms with van der Waals surface area (Å²) in [4.78, 5) is 14.5. The fourth-order valence-electron chi connectivity index (χ4n) is 3.06. The summed E-state index contributed by atoms with van der Waals surface area (Å²) in [7, 11) is 0. The first-order chi connectivity index (χ1) is 12.5. The van der Waals surface area contributed by atoms with E-state index in [1.807, 2.05) is 0 Å². The number of halogens is 2. The largest absolute Gasteiger partial charge is 0.245 e. The highest BCUT2D eigenvalue weighted by atomic mass is 79.9. The number of rotatable bonds is 0. The molecule has 6 heteroatoms. The van der Waals surface area contributed by atoms with E-state index in [9.17, 15) is 0 Å². The van der Waals surface area contributed by atoms with E-state index in [-0.39, 0.29) is 0 Å². The van der Waals surface area contributed by atoms with Gasteiger partial charge in [0.25, 0.3) is 0 Å². The third kappa shape index (κ3) is 2.61. The summed E-state index contributed by atoms with van der Waals surface area (Å²) in [5.74, 6) is 0. The highest BCUT2D eigenvalue weighted by Gasteiger charge is 2.24. The van der Waals surface area contributed by atoms with Gasteiger partial charge in [-0.25, -0.2) is 9.98 Å². The lowest BCUT2D eigenvalue weighted by atomic mass is 10.2. The lowest BCUT2D eigenvalue weighted by molar-refractivity contribution is 1.03. The minimum Gasteiger partial charge on any atom is -0.245 e. The summed E-state index contributed by atoms with van der Waals surface area (Å²) in [5, 5.41) is 1.96. The number of aryl methyl sites for hydroxylation is 2. The molecule has 0 unspecified atom stereocenters. The molecule has 0 N–H and O–H groups in total. The molecule has 0 aromatic heterocycles. The molecule has 0 radical (unpaired) electrons. The molecular formula is C20H12Br2N2S2. The Balaban J connectivity index is 1.83. The van der Waals surface area contributed by atoms with Gasteiger partial charge < -0.3 is 0 Å². The first kappa shape index (κ1) is 17.0. The predicted molar refractivity (Wildman–Crippen MR) is 114 cm³/mol. The maximum atomic E-state index is 4.94. The standard InChI is InChI=1S/C20H12Br2N2S2/c1-9-3-5-11-13(7-9)25-19-15(21)18-20(16(22)17(19)23-11)26-14-8-10(2)4-6-12(14)24-18/h3-8H,1-2H3. The third-order valence-corrected chi connectivity index (χ3v) is 8.73. The number of benzene rings is 3. The van der Waals surface area contributed by atoms with Crippen LogP contribution in [0.1, 0.15) is 11.1 Å². The van der Waals surface area contributed by atoms with Gasteiger partial charge in [-0.1, -0.05) is 35.7 Å². The van der Waals surface area contributed by atoms with Gasteiger partial charge >= 0.3 is 0 Å². The highest BCUT2D eigenvalue weighted by molar-refractivity contribution is 9.11. The van der Waals surface area contributed by atoms with Gasteiger partial charge in [0.05, 0.1) is 40.8 Å². The minimum atomic E-state index is 0.982. The van der Waals surface area contributed by atoms with Gasteiger partial charge in [-0.2, -0.15) is 0 Å². The molecule has 3 aromatic rings. The number of hydrogen-bond acceptors (Lipinski definition) is 4. The van der Waals surface area contributed by atoms with E-state index in [1.165, 1.54) is 20.9 Å². The molecule has 0 bridgehead atoms. The summed E-state index contributed by atoms with van der Waals surface area (Å²) in [5.41, 5.74) is 4.53. The normalized spacial score (nSPS) is 13.7. The lowest BCUT2D eigenvalue weighted by Crippen LogP contribution is -2.22. The van der Waals surface area contributed by atoms with Gasteiger partial charge in [0.2, 0.25) is 0 Å². The summed E-state index contributed by atoms with van der Waals surface area (Å²) in [6.07, 6.45) is 0. The van der Waals surface area contributed by atoms with Crippen molar-refractivity contribution < 1.29 is 0 Å². The molecule has 2 aliphatic rings. The molecule has 5 rings (SSSR count). The van der Waals surface area contributed by atoms with E-state index in [0.717, 1.165) is 40.8 Å². The Bertz CT molecular complexity index is 1140. The van der Waals surface area contributed by atoms with Crippen molar-refractivity contribution in [1.82, 2.24) is 0 Å². The van der Waals surface area contributed by atoms with Crippen molar-refractivity contribution in [2.24, 2.45) is 9.98 Å². The summed E-state index contributed by atoms with van der Waals surface area (Å²) < 4.78 is 2.04. The highest BCUT2D eigenvalue weighted by Crippen LogP contribution is 2.45. The van der Waals surface area contributed by atoms with Crippen LogP contribution in [0.15, 0.2) is 74.9 Å². The number of fused-ring (bicyclic) bond motifs is 4. The van der Waals surface area contributed by atoms with Crippen molar-refractivity contribution in [3.8, 4) is 0 Å². The van der Waals surface area contributed by atoms with Crippen LogP contribution >= 0.6 is 55.4 Å². The van der Waals surface area contributed by atoms with Gasteiger partial charge in [-0.15, -0.1) is 0 Å². The van der Waals surface area contributed by atoms with E-state index in [1.54, 1.807) is 23.5 Å². The molecule has 0 fully saturated rings. The smallest absolute Gasteiger partial charge is 0.0943 e. The van der Waals surface area contributed by atoms with E-state index >= 15 is 0 Å². The third-order valence-electron chi connectivity index (χ3n) is 4.36. The molecule has 0 spiro atoms. The molecule has 26 heavy (non-hydrogen) atoms. The van der Waals surface area contributed by atoms with Gasteiger partial charge in [-0.3, -0.25) is 0 Å². The van der Waals surface area contributed by atoms with Crippen LogP contribution in [0.4, 0.5) is 11.4 Å². The Morgan fingerprint density at radius 1 is 0.692 bits per heavy atom. The van der Waals surface area contributed by atoms with Crippen LogP contribution in [0.25, 0.3) is 0 Å². The maximum Gasteiger partial charge on any atom is 0.0943 e. The monoisotopic (exact) mass is 502 g/mol. The van der Waals surface area contributed by atoms with E-state index in [4.69, 9.17) is 9.98 Å². The van der Waals surface area contributed by atoms with Crippen molar-refractivity contribution in [1.29, 1.82) is 0 Å². The van der Waals surface area contributed by atoms with Crippen molar-refractivity contribution in [2.75, 3.05) is 0 Å². The number of nitrogens with zero attached hydrogens (tertiary/aromatic N) is 2. The average molecular weight is 504 g/mol. The van der Waals surface area contributed by atoms with Gasteiger partial charge in [-0.05, 0) is 81.1 Å². The van der Waals surface area contributed by atoms with Gasteiger partial charge in [0.15, 0.2) is 0 Å². The zero-order valence-corrected chi connectivity index (χ0v) is 18.7. The molecule has 0 saturated carbocycles. The molecule has 0 atom stereocenters. The molecule has 0 aliphatic carbocycles. The Morgan fingerprint density at radius 3 is 1.54 bits per heavy atom. The van der Waals surface area contributed by atoms with Crippen molar-refractivity contribution in [2.45, 2.75) is 33.4 Å². The first-order valence-electron chi connectivity index (χ1n) is 8.06. The Kier molecular flexibility index (Phi) is 4.08. The summed E-state index contributed by atoms with van der Waals surface area (Å²) in [6, 6.07) is 12.8. The maximum absolute atomic E-state index is 4.94. The topological polar surface area (TPSA) is 24.7 Å². The second-order valence-corrected chi connectivity index (χ2v) is 10.0. The van der Waals surface area contributed by atoms with Crippen LogP contribution in [0.3, 0.4) is 0 Å². The van der Waals surface area contributed by atoms with E-state index in [2.05, 4.69) is 82.1 Å². The zero-order valence-electron chi connectivity index (χ0n) is 13.9. The average Bonchev–Trinajstić information content (AvgIpc) is 2.63. The fraction of sp³-hybridized carbons (Fsp3) is 0.100. The minimum absolute atomic E-state index is 0.982. The first-order valence-corrected chi connectivity index (χ1v) is 11.3. The van der Waals surface area contributed by atoms with E-state index < -0.39 is 0 Å².